The lowest BCUT2D eigenvalue weighted by Crippen LogP contribution is -2.14. The number of amides is 1. The summed E-state index contributed by atoms with van der Waals surface area (Å²) in [5, 5.41) is 3.78. The minimum absolute atomic E-state index is 0.103. The zero-order valence-electron chi connectivity index (χ0n) is 18.1. The molecule has 0 atom stereocenters. The van der Waals surface area contributed by atoms with Crippen LogP contribution in [-0.2, 0) is 12.8 Å². The van der Waals surface area contributed by atoms with Gasteiger partial charge in [0.15, 0.2) is 11.5 Å². The van der Waals surface area contributed by atoms with Crippen LogP contribution in [0.15, 0.2) is 51.9 Å². The first-order valence-corrected chi connectivity index (χ1v) is 12.3. The normalized spacial score (nSPS) is 13.1. The van der Waals surface area contributed by atoms with Gasteiger partial charge in [-0.25, -0.2) is 4.99 Å². The number of anilines is 1. The molecule has 1 heterocycles. The highest BCUT2D eigenvalue weighted by molar-refractivity contribution is 9.10. The van der Waals surface area contributed by atoms with Crippen molar-refractivity contribution in [2.45, 2.75) is 32.6 Å². The first-order chi connectivity index (χ1) is 15.6. The number of hydrogen-bond acceptors (Lipinski definition) is 5. The van der Waals surface area contributed by atoms with E-state index in [1.165, 1.54) is 4.88 Å². The molecular weight excluding hydrogens is 488 g/mol. The summed E-state index contributed by atoms with van der Waals surface area (Å²) in [6.07, 6.45) is 5.95. The molecule has 4 rings (SSSR count). The number of methoxy groups -OCH3 is 1. The van der Waals surface area contributed by atoms with Gasteiger partial charge in [-0.05, 0) is 83.9 Å². The van der Waals surface area contributed by atoms with E-state index in [2.05, 4.69) is 21.2 Å². The van der Waals surface area contributed by atoms with Crippen molar-refractivity contribution in [2.75, 3.05) is 19.0 Å². The van der Waals surface area contributed by atoms with Crippen LogP contribution in [0.5, 0.6) is 11.5 Å². The number of carbonyl (C=O) groups is 1. The van der Waals surface area contributed by atoms with Crippen LogP contribution in [0.2, 0.25) is 0 Å². The van der Waals surface area contributed by atoms with Gasteiger partial charge in [0, 0.05) is 16.8 Å². The molecule has 1 amide bonds. The van der Waals surface area contributed by atoms with Crippen LogP contribution in [0.3, 0.4) is 0 Å². The molecule has 0 aliphatic heterocycles. The maximum Gasteiger partial charge on any atom is 0.259 e. The van der Waals surface area contributed by atoms with Crippen molar-refractivity contribution in [3.05, 3.63) is 68.5 Å². The third-order valence-electron chi connectivity index (χ3n) is 5.28. The smallest absolute Gasteiger partial charge is 0.259 e. The predicted molar refractivity (Wildman–Crippen MR) is 134 cm³/mol. The lowest BCUT2D eigenvalue weighted by Gasteiger charge is -2.13. The number of fused-ring (bicyclic) bond motifs is 1. The average molecular weight is 513 g/mol. The summed E-state index contributed by atoms with van der Waals surface area (Å²) in [6.45, 7) is 2.47. The Morgan fingerprint density at radius 3 is 2.75 bits per heavy atom. The molecule has 1 N–H and O–H groups in total. The second-order valence-electron chi connectivity index (χ2n) is 7.44. The zero-order chi connectivity index (χ0) is 22.5. The third kappa shape index (κ3) is 4.89. The van der Waals surface area contributed by atoms with Crippen LogP contribution in [0.25, 0.3) is 0 Å². The van der Waals surface area contributed by atoms with Gasteiger partial charge in [-0.3, -0.25) is 4.79 Å². The predicted octanol–water partition coefficient (Wildman–Crippen LogP) is 6.80. The molecule has 0 bridgehead atoms. The Bertz CT molecular complexity index is 1140. The molecule has 1 aliphatic rings. The molecule has 0 saturated carbocycles. The number of carbonyl (C=O) groups excluding carboxylic acids is 1. The fraction of sp³-hybridized carbons (Fsp3) is 0.280. The van der Waals surface area contributed by atoms with Gasteiger partial charge in [0.2, 0.25) is 0 Å². The fourth-order valence-electron chi connectivity index (χ4n) is 3.85. The molecule has 5 nitrogen and oxygen atoms in total. The first kappa shape index (κ1) is 22.6. The van der Waals surface area contributed by atoms with E-state index in [4.69, 9.17) is 14.5 Å². The molecule has 166 valence electrons. The van der Waals surface area contributed by atoms with E-state index in [0.29, 0.717) is 23.7 Å². The van der Waals surface area contributed by atoms with E-state index >= 15 is 0 Å². The number of aryl methyl sites for hydroxylation is 1. The number of nitrogens with one attached hydrogen (secondary N) is 1. The molecule has 0 fully saturated rings. The molecule has 2 aromatic carbocycles. The molecule has 0 spiro atoms. The number of thiophene rings is 1. The lowest BCUT2D eigenvalue weighted by atomic mass is 9.95. The number of rotatable bonds is 7. The van der Waals surface area contributed by atoms with E-state index < -0.39 is 0 Å². The number of benzene rings is 2. The van der Waals surface area contributed by atoms with Crippen molar-refractivity contribution in [3.8, 4) is 11.5 Å². The zero-order valence-corrected chi connectivity index (χ0v) is 20.5. The van der Waals surface area contributed by atoms with Crippen LogP contribution in [-0.4, -0.2) is 25.8 Å². The topological polar surface area (TPSA) is 59.9 Å². The molecule has 7 heteroatoms. The van der Waals surface area contributed by atoms with Gasteiger partial charge in [0.1, 0.15) is 5.00 Å². The monoisotopic (exact) mass is 512 g/mol. The van der Waals surface area contributed by atoms with E-state index in [0.717, 1.165) is 52.0 Å². The second-order valence-corrected chi connectivity index (χ2v) is 9.37. The largest absolute Gasteiger partial charge is 0.492 e. The molecular formula is C25H25BrN2O3S. The Morgan fingerprint density at radius 1 is 1.22 bits per heavy atom. The van der Waals surface area contributed by atoms with Gasteiger partial charge in [0.05, 0.1) is 23.8 Å². The van der Waals surface area contributed by atoms with E-state index in [1.807, 2.05) is 49.4 Å². The van der Waals surface area contributed by atoms with Crippen molar-refractivity contribution < 1.29 is 14.3 Å². The van der Waals surface area contributed by atoms with E-state index in [1.54, 1.807) is 24.7 Å². The fourth-order valence-corrected chi connectivity index (χ4v) is 5.70. The lowest BCUT2D eigenvalue weighted by molar-refractivity contribution is 0.102. The number of halogens is 1. The summed E-state index contributed by atoms with van der Waals surface area (Å²) < 4.78 is 12.0. The number of hydrogen-bond donors (Lipinski definition) is 1. The highest BCUT2D eigenvalue weighted by Gasteiger charge is 2.25. The Balaban J connectivity index is 1.69. The highest BCUT2D eigenvalue weighted by atomic mass is 79.9. The molecule has 32 heavy (non-hydrogen) atoms. The van der Waals surface area contributed by atoms with Crippen LogP contribution < -0.4 is 14.8 Å². The summed E-state index contributed by atoms with van der Waals surface area (Å²) in [5.41, 5.74) is 3.49. The maximum atomic E-state index is 13.2. The minimum Gasteiger partial charge on any atom is -0.492 e. The molecule has 0 unspecified atom stereocenters. The first-order valence-electron chi connectivity index (χ1n) is 10.7. The van der Waals surface area contributed by atoms with Gasteiger partial charge in [-0.1, -0.05) is 18.2 Å². The molecule has 1 aliphatic carbocycles. The number of nitrogens with zero attached hydrogens (tertiary/aromatic N) is 1. The summed E-state index contributed by atoms with van der Waals surface area (Å²) >= 11 is 5.17. The Hall–Kier alpha value is -2.64. The van der Waals surface area contributed by atoms with Crippen molar-refractivity contribution in [1.29, 1.82) is 0 Å². The average Bonchev–Trinajstić information content (AvgIpc) is 3.17. The summed E-state index contributed by atoms with van der Waals surface area (Å²) in [5.74, 6) is 1.20. The van der Waals surface area contributed by atoms with E-state index in [9.17, 15) is 4.79 Å². The molecule has 3 aromatic rings. The Morgan fingerprint density at radius 2 is 2.00 bits per heavy atom. The number of para-hydroxylation sites is 1. The Labute approximate surface area is 200 Å². The minimum atomic E-state index is -0.103. The molecule has 1 aromatic heterocycles. The second kappa shape index (κ2) is 10.3. The van der Waals surface area contributed by atoms with E-state index in [-0.39, 0.29) is 5.91 Å². The van der Waals surface area contributed by atoms with Gasteiger partial charge in [-0.2, -0.15) is 0 Å². The third-order valence-corrected chi connectivity index (χ3v) is 7.07. The van der Waals surface area contributed by atoms with Gasteiger partial charge in [-0.15, -0.1) is 11.3 Å². The number of aliphatic imine (C=N–C) groups is 1. The Kier molecular flexibility index (Phi) is 7.27. The van der Waals surface area contributed by atoms with Crippen molar-refractivity contribution >= 4 is 50.1 Å². The SMILES string of the molecule is CCOc1cc(C=Nc2sc3c(c2C(=O)Nc2ccccc2)CCCC3)cc(Br)c1OC. The van der Waals surface area contributed by atoms with Gasteiger partial charge in [0.25, 0.3) is 5.91 Å². The van der Waals surface area contributed by atoms with Crippen LogP contribution in [0.4, 0.5) is 10.7 Å². The summed E-state index contributed by atoms with van der Waals surface area (Å²) in [7, 11) is 1.62. The summed E-state index contributed by atoms with van der Waals surface area (Å²) in [4.78, 5) is 19.3. The molecule has 0 saturated heterocycles. The van der Waals surface area contributed by atoms with Crippen molar-refractivity contribution in [3.63, 3.8) is 0 Å². The van der Waals surface area contributed by atoms with Crippen LogP contribution in [0, 0.1) is 0 Å². The number of ether oxygens (including phenoxy) is 2. The van der Waals surface area contributed by atoms with Crippen molar-refractivity contribution in [2.24, 2.45) is 4.99 Å². The van der Waals surface area contributed by atoms with Gasteiger partial charge >= 0.3 is 0 Å². The van der Waals surface area contributed by atoms with Crippen LogP contribution in [0.1, 0.15) is 46.1 Å². The highest BCUT2D eigenvalue weighted by Crippen LogP contribution is 2.41. The quantitative estimate of drug-likeness (QED) is 0.354. The standard InChI is InChI=1S/C25H25BrN2O3S/c1-3-31-20-14-16(13-19(26)23(20)30-2)15-27-25-22(18-11-7-8-12-21(18)32-25)24(29)28-17-9-5-4-6-10-17/h4-6,9-10,13-15H,3,7-8,11-12H2,1-2H3,(H,28,29). The van der Waals surface area contributed by atoms with Crippen LogP contribution >= 0.6 is 27.3 Å². The van der Waals surface area contributed by atoms with Crippen molar-refractivity contribution in [1.82, 2.24) is 0 Å². The maximum absolute atomic E-state index is 13.2. The van der Waals surface area contributed by atoms with Gasteiger partial charge < -0.3 is 14.8 Å². The summed E-state index contributed by atoms with van der Waals surface area (Å²) in [6, 6.07) is 13.4. The molecule has 0 radical (unpaired) electrons.